The first-order valence-corrected chi connectivity index (χ1v) is 8.84. The van der Waals surface area contributed by atoms with Crippen LogP contribution in [0.2, 0.25) is 0 Å². The molecule has 1 fully saturated rings. The molecule has 0 bridgehead atoms. The topological polar surface area (TPSA) is 72.3 Å². The second kappa shape index (κ2) is 6.80. The number of fused-ring (bicyclic) bond motifs is 1. The van der Waals surface area contributed by atoms with Gasteiger partial charge in [-0.25, -0.2) is 13.2 Å². The van der Waals surface area contributed by atoms with Gasteiger partial charge < -0.3 is 10.6 Å². The monoisotopic (exact) mass is 376 g/mol. The SMILES string of the molecule is CCc1nnc2ccc(N3CC[C@H](c4cc(F)c(F)cc4F)[C@@H](N)C3)nn12. The van der Waals surface area contributed by atoms with E-state index in [1.165, 1.54) is 0 Å². The van der Waals surface area contributed by atoms with Crippen LogP contribution in [0.4, 0.5) is 19.0 Å². The fraction of sp³-hybridized carbons (Fsp3) is 0.389. The maximum absolute atomic E-state index is 14.1. The first-order chi connectivity index (χ1) is 13.0. The van der Waals surface area contributed by atoms with Crippen LogP contribution in [0.1, 0.15) is 30.7 Å². The fourth-order valence-corrected chi connectivity index (χ4v) is 3.61. The number of hydrogen-bond donors (Lipinski definition) is 1. The van der Waals surface area contributed by atoms with Crippen molar-refractivity contribution >= 4 is 11.5 Å². The zero-order chi connectivity index (χ0) is 19.1. The van der Waals surface area contributed by atoms with Crippen molar-refractivity contribution in [3.8, 4) is 0 Å². The quantitative estimate of drug-likeness (QED) is 0.711. The summed E-state index contributed by atoms with van der Waals surface area (Å²) in [4.78, 5) is 2.00. The molecule has 3 heterocycles. The van der Waals surface area contributed by atoms with Gasteiger partial charge in [0.25, 0.3) is 0 Å². The number of rotatable bonds is 3. The van der Waals surface area contributed by atoms with Gasteiger partial charge in [-0.05, 0) is 30.2 Å². The van der Waals surface area contributed by atoms with Gasteiger partial charge in [0.2, 0.25) is 0 Å². The minimum atomic E-state index is -1.19. The van der Waals surface area contributed by atoms with Crippen molar-refractivity contribution in [2.45, 2.75) is 31.7 Å². The molecule has 0 unspecified atom stereocenters. The Morgan fingerprint density at radius 3 is 2.63 bits per heavy atom. The lowest BCUT2D eigenvalue weighted by Crippen LogP contribution is -2.48. The van der Waals surface area contributed by atoms with Crippen molar-refractivity contribution in [1.82, 2.24) is 19.8 Å². The standard InChI is InChI=1S/C18H19F3N6/c1-2-16-23-24-17-3-4-18(25-27(16)17)26-6-5-10(15(22)9-26)11-7-13(20)14(21)8-12(11)19/h3-4,7-8,10,15H,2,5-6,9,22H2,1H3/t10-,15+/m1/s1. The molecule has 1 aliphatic rings. The van der Waals surface area contributed by atoms with Crippen molar-refractivity contribution in [2.75, 3.05) is 18.0 Å². The van der Waals surface area contributed by atoms with E-state index in [1.807, 2.05) is 24.0 Å². The molecular weight excluding hydrogens is 357 g/mol. The number of hydrogen-bond acceptors (Lipinski definition) is 5. The van der Waals surface area contributed by atoms with Crippen LogP contribution in [0.15, 0.2) is 24.3 Å². The summed E-state index contributed by atoms with van der Waals surface area (Å²) in [7, 11) is 0. The van der Waals surface area contributed by atoms with Crippen LogP contribution in [-0.2, 0) is 6.42 Å². The molecule has 1 saturated heterocycles. The molecule has 6 nitrogen and oxygen atoms in total. The highest BCUT2D eigenvalue weighted by Gasteiger charge is 2.31. The highest BCUT2D eigenvalue weighted by molar-refractivity contribution is 5.46. The summed E-state index contributed by atoms with van der Waals surface area (Å²) in [6, 6.07) is 4.73. The molecule has 1 aromatic carbocycles. The average Bonchev–Trinajstić information content (AvgIpc) is 3.07. The lowest BCUT2D eigenvalue weighted by Gasteiger charge is -2.37. The Morgan fingerprint density at radius 1 is 1.11 bits per heavy atom. The molecule has 4 rings (SSSR count). The summed E-state index contributed by atoms with van der Waals surface area (Å²) in [5, 5.41) is 12.7. The van der Waals surface area contributed by atoms with Crippen LogP contribution in [0.25, 0.3) is 5.65 Å². The smallest absolute Gasteiger partial charge is 0.178 e. The molecule has 27 heavy (non-hydrogen) atoms. The molecule has 9 heteroatoms. The van der Waals surface area contributed by atoms with Crippen LogP contribution >= 0.6 is 0 Å². The summed E-state index contributed by atoms with van der Waals surface area (Å²) in [5.74, 6) is -1.93. The molecular formula is C18H19F3N6. The summed E-state index contributed by atoms with van der Waals surface area (Å²) in [6.45, 7) is 2.96. The van der Waals surface area contributed by atoms with Crippen molar-refractivity contribution in [3.63, 3.8) is 0 Å². The van der Waals surface area contributed by atoms with Crippen molar-refractivity contribution in [3.05, 3.63) is 53.1 Å². The number of halogens is 3. The van der Waals surface area contributed by atoms with Crippen LogP contribution in [0.3, 0.4) is 0 Å². The van der Waals surface area contributed by atoms with E-state index in [1.54, 1.807) is 4.52 Å². The lowest BCUT2D eigenvalue weighted by atomic mass is 9.85. The molecule has 142 valence electrons. The van der Waals surface area contributed by atoms with Crippen molar-refractivity contribution in [1.29, 1.82) is 0 Å². The van der Waals surface area contributed by atoms with Gasteiger partial charge in [-0.2, -0.15) is 4.52 Å². The molecule has 0 saturated carbocycles. The Balaban J connectivity index is 1.58. The largest absolute Gasteiger partial charge is 0.354 e. The van der Waals surface area contributed by atoms with E-state index in [4.69, 9.17) is 5.73 Å². The van der Waals surface area contributed by atoms with Gasteiger partial charge in [-0.1, -0.05) is 6.92 Å². The number of anilines is 1. The summed E-state index contributed by atoms with van der Waals surface area (Å²) >= 11 is 0. The molecule has 0 radical (unpaired) electrons. The van der Waals surface area contributed by atoms with Gasteiger partial charge in [0.1, 0.15) is 11.6 Å². The van der Waals surface area contributed by atoms with Crippen LogP contribution in [0.5, 0.6) is 0 Å². The van der Waals surface area contributed by atoms with Crippen LogP contribution in [-0.4, -0.2) is 38.9 Å². The highest BCUT2D eigenvalue weighted by Crippen LogP contribution is 2.32. The number of benzene rings is 1. The third kappa shape index (κ3) is 3.12. The predicted molar refractivity (Wildman–Crippen MR) is 94.0 cm³/mol. The number of nitrogens with zero attached hydrogens (tertiary/aromatic N) is 5. The van der Waals surface area contributed by atoms with Crippen LogP contribution < -0.4 is 10.6 Å². The van der Waals surface area contributed by atoms with Crippen LogP contribution in [0, 0.1) is 17.5 Å². The number of nitrogens with two attached hydrogens (primary N) is 1. The molecule has 3 aromatic rings. The van der Waals surface area contributed by atoms with Crippen molar-refractivity contribution < 1.29 is 13.2 Å². The Hall–Kier alpha value is -2.68. The van der Waals surface area contributed by atoms with E-state index in [9.17, 15) is 13.2 Å². The molecule has 2 aromatic heterocycles. The van der Waals surface area contributed by atoms with Gasteiger partial charge in [-0.3, -0.25) is 0 Å². The summed E-state index contributed by atoms with van der Waals surface area (Å²) in [6.07, 6.45) is 1.21. The minimum absolute atomic E-state index is 0.122. The first-order valence-electron chi connectivity index (χ1n) is 8.84. The van der Waals surface area contributed by atoms with Gasteiger partial charge in [0.15, 0.2) is 23.1 Å². The molecule has 0 amide bonds. The predicted octanol–water partition coefficient (Wildman–Crippen LogP) is 2.43. The first kappa shape index (κ1) is 17.7. The normalized spacial score (nSPS) is 20.4. The average molecular weight is 376 g/mol. The third-order valence-electron chi connectivity index (χ3n) is 5.05. The van der Waals surface area contributed by atoms with Crippen molar-refractivity contribution in [2.24, 2.45) is 5.73 Å². The molecule has 1 aliphatic heterocycles. The molecule has 0 spiro atoms. The highest BCUT2D eigenvalue weighted by atomic mass is 19.2. The zero-order valence-electron chi connectivity index (χ0n) is 14.7. The van der Waals surface area contributed by atoms with Gasteiger partial charge in [0.05, 0.1) is 0 Å². The van der Waals surface area contributed by atoms with E-state index in [-0.39, 0.29) is 11.5 Å². The van der Waals surface area contributed by atoms with Gasteiger partial charge in [0, 0.05) is 37.5 Å². The van der Waals surface area contributed by atoms with Gasteiger partial charge in [-0.15, -0.1) is 15.3 Å². The molecule has 2 atom stereocenters. The summed E-state index contributed by atoms with van der Waals surface area (Å²) < 4.78 is 42.6. The number of piperidine rings is 1. The number of aryl methyl sites for hydroxylation is 1. The zero-order valence-corrected chi connectivity index (χ0v) is 14.7. The van der Waals surface area contributed by atoms with E-state index in [0.29, 0.717) is 37.6 Å². The van der Waals surface area contributed by atoms with E-state index < -0.39 is 23.5 Å². The summed E-state index contributed by atoms with van der Waals surface area (Å²) in [5.41, 5.74) is 7.05. The third-order valence-corrected chi connectivity index (χ3v) is 5.05. The Labute approximate surface area is 153 Å². The Kier molecular flexibility index (Phi) is 4.47. The maximum atomic E-state index is 14.1. The lowest BCUT2D eigenvalue weighted by molar-refractivity contribution is 0.415. The van der Waals surface area contributed by atoms with Gasteiger partial charge >= 0.3 is 0 Å². The second-order valence-corrected chi connectivity index (χ2v) is 6.72. The number of aromatic nitrogens is 4. The Bertz CT molecular complexity index is 989. The minimum Gasteiger partial charge on any atom is -0.354 e. The van der Waals surface area contributed by atoms with E-state index >= 15 is 0 Å². The maximum Gasteiger partial charge on any atom is 0.178 e. The molecule has 2 N–H and O–H groups in total. The fourth-order valence-electron chi connectivity index (χ4n) is 3.61. The Morgan fingerprint density at radius 2 is 1.89 bits per heavy atom. The van der Waals surface area contributed by atoms with E-state index in [0.717, 1.165) is 17.7 Å². The van der Waals surface area contributed by atoms with E-state index in [2.05, 4.69) is 15.3 Å². The molecule has 0 aliphatic carbocycles. The second-order valence-electron chi connectivity index (χ2n) is 6.72.